The second-order valence-corrected chi connectivity index (χ2v) is 6.43. The van der Waals surface area contributed by atoms with Crippen LogP contribution in [0.5, 0.6) is 0 Å². The van der Waals surface area contributed by atoms with Gasteiger partial charge in [0.15, 0.2) is 0 Å². The van der Waals surface area contributed by atoms with Gasteiger partial charge in [0.05, 0.1) is 0 Å². The van der Waals surface area contributed by atoms with E-state index in [9.17, 15) is 4.79 Å². The number of nitrogens with zero attached hydrogens (tertiary/aromatic N) is 1. The lowest BCUT2D eigenvalue weighted by molar-refractivity contribution is 0.0743. The Labute approximate surface area is 128 Å². The molecule has 1 atom stereocenters. The van der Waals surface area contributed by atoms with Crippen molar-refractivity contribution in [2.75, 3.05) is 24.8 Å². The van der Waals surface area contributed by atoms with Gasteiger partial charge >= 0.3 is 0 Å². The zero-order valence-corrected chi connectivity index (χ0v) is 14.3. The number of benzene rings is 1. The lowest BCUT2D eigenvalue weighted by Crippen LogP contribution is -2.38. The molecule has 3 nitrogen and oxygen atoms in total. The number of hydrogen-bond donors (Lipinski definition) is 1. The maximum Gasteiger partial charge on any atom is 0.254 e. The molecule has 0 saturated heterocycles. The van der Waals surface area contributed by atoms with Crippen LogP contribution in [-0.2, 0) is 0 Å². The quantitative estimate of drug-likeness (QED) is 0.830. The van der Waals surface area contributed by atoms with Gasteiger partial charge in [-0.25, -0.2) is 0 Å². The number of carbonyl (C=O) groups excluding carboxylic acids is 1. The first kappa shape index (κ1) is 16.4. The number of nitrogens with two attached hydrogens (primary N) is 1. The highest BCUT2D eigenvalue weighted by Gasteiger charge is 2.21. The molecule has 1 amide bonds. The molecule has 1 rings (SSSR count). The summed E-state index contributed by atoms with van der Waals surface area (Å²) in [6, 6.07) is 3.92. The van der Waals surface area contributed by atoms with Gasteiger partial charge in [0.2, 0.25) is 0 Å². The molecular formula is C14H21BrN2OS. The van der Waals surface area contributed by atoms with Gasteiger partial charge in [-0.1, -0.05) is 22.9 Å². The van der Waals surface area contributed by atoms with Gasteiger partial charge in [0, 0.05) is 34.6 Å². The van der Waals surface area contributed by atoms with Crippen LogP contribution in [0.15, 0.2) is 16.6 Å². The summed E-state index contributed by atoms with van der Waals surface area (Å²) in [4.78, 5) is 14.4. The van der Waals surface area contributed by atoms with E-state index in [0.717, 1.165) is 22.2 Å². The first-order valence-electron chi connectivity index (χ1n) is 6.24. The minimum absolute atomic E-state index is 0.0337. The molecule has 0 heterocycles. The summed E-state index contributed by atoms with van der Waals surface area (Å²) in [6.07, 6.45) is 3.01. The van der Waals surface area contributed by atoms with E-state index in [1.165, 1.54) is 0 Å². The number of amides is 1. The zero-order valence-electron chi connectivity index (χ0n) is 11.9. The second-order valence-electron chi connectivity index (χ2n) is 4.60. The lowest BCUT2D eigenvalue weighted by Gasteiger charge is -2.27. The molecule has 0 aliphatic carbocycles. The molecule has 0 bridgehead atoms. The monoisotopic (exact) mass is 344 g/mol. The van der Waals surface area contributed by atoms with Crippen LogP contribution in [0.3, 0.4) is 0 Å². The number of hydrogen-bond acceptors (Lipinski definition) is 3. The van der Waals surface area contributed by atoms with E-state index in [1.54, 1.807) is 11.8 Å². The second kappa shape index (κ2) is 7.20. The highest BCUT2D eigenvalue weighted by molar-refractivity contribution is 9.10. The van der Waals surface area contributed by atoms with E-state index in [1.807, 2.05) is 31.0 Å². The zero-order chi connectivity index (χ0) is 14.6. The van der Waals surface area contributed by atoms with Crippen LogP contribution in [-0.4, -0.2) is 35.9 Å². The predicted molar refractivity (Wildman–Crippen MR) is 87.8 cm³/mol. The van der Waals surface area contributed by atoms with Crippen LogP contribution in [0.25, 0.3) is 0 Å². The molecule has 1 unspecified atom stereocenters. The summed E-state index contributed by atoms with van der Waals surface area (Å²) in [5.74, 6) is 0.979. The SMILES string of the molecule is CCC(CSC)N(C)C(=O)c1cc(Br)cc(N)c1C. The Morgan fingerprint density at radius 3 is 2.68 bits per heavy atom. The van der Waals surface area contributed by atoms with Crippen molar-refractivity contribution >= 4 is 39.3 Å². The van der Waals surface area contributed by atoms with Gasteiger partial charge in [0.25, 0.3) is 5.91 Å². The molecule has 0 aromatic heterocycles. The number of thioether (sulfide) groups is 1. The van der Waals surface area contributed by atoms with Gasteiger partial charge in [0.1, 0.15) is 0 Å². The maximum absolute atomic E-state index is 12.6. The Balaban J connectivity index is 3.06. The molecule has 0 fully saturated rings. The van der Waals surface area contributed by atoms with Gasteiger partial charge in [-0.3, -0.25) is 4.79 Å². The third-order valence-electron chi connectivity index (χ3n) is 3.34. The Morgan fingerprint density at radius 2 is 2.16 bits per heavy atom. The highest BCUT2D eigenvalue weighted by atomic mass is 79.9. The Morgan fingerprint density at radius 1 is 1.53 bits per heavy atom. The van der Waals surface area contributed by atoms with Crippen molar-refractivity contribution in [2.45, 2.75) is 26.3 Å². The lowest BCUT2D eigenvalue weighted by atomic mass is 10.0. The standard InChI is InChI=1S/C14H21BrN2OS/c1-5-11(8-19-4)17(3)14(18)12-6-10(15)7-13(16)9(12)2/h6-7,11H,5,8,16H2,1-4H3. The average Bonchev–Trinajstić information content (AvgIpc) is 2.38. The maximum atomic E-state index is 12.6. The van der Waals surface area contributed by atoms with Crippen molar-refractivity contribution in [3.05, 3.63) is 27.7 Å². The van der Waals surface area contributed by atoms with E-state index >= 15 is 0 Å². The molecule has 0 saturated carbocycles. The van der Waals surface area contributed by atoms with E-state index < -0.39 is 0 Å². The van der Waals surface area contributed by atoms with Crippen LogP contribution in [0, 0.1) is 6.92 Å². The van der Waals surface area contributed by atoms with Crippen LogP contribution in [0.4, 0.5) is 5.69 Å². The summed E-state index contributed by atoms with van der Waals surface area (Å²) in [5.41, 5.74) is 8.09. The van der Waals surface area contributed by atoms with Crippen LogP contribution >= 0.6 is 27.7 Å². The Kier molecular flexibility index (Phi) is 6.20. The molecular weight excluding hydrogens is 324 g/mol. The summed E-state index contributed by atoms with van der Waals surface area (Å²) >= 11 is 5.15. The van der Waals surface area contributed by atoms with Crippen LogP contribution < -0.4 is 5.73 Å². The number of halogens is 1. The average molecular weight is 345 g/mol. The summed E-state index contributed by atoms with van der Waals surface area (Å²) in [6.45, 7) is 3.99. The van der Waals surface area contributed by atoms with Gasteiger partial charge in [-0.05, 0) is 37.3 Å². The highest BCUT2D eigenvalue weighted by Crippen LogP contribution is 2.24. The van der Waals surface area contributed by atoms with E-state index in [-0.39, 0.29) is 11.9 Å². The largest absolute Gasteiger partial charge is 0.398 e. The summed E-state index contributed by atoms with van der Waals surface area (Å²) in [5, 5.41) is 0. The van der Waals surface area contributed by atoms with Crippen molar-refractivity contribution in [3.8, 4) is 0 Å². The molecule has 5 heteroatoms. The predicted octanol–water partition coefficient (Wildman–Crippen LogP) is 3.55. The Bertz CT molecular complexity index is 465. The summed E-state index contributed by atoms with van der Waals surface area (Å²) < 4.78 is 0.838. The van der Waals surface area contributed by atoms with Crippen molar-refractivity contribution in [3.63, 3.8) is 0 Å². The number of carbonyl (C=O) groups is 1. The molecule has 0 radical (unpaired) electrons. The fourth-order valence-corrected chi connectivity index (χ4v) is 3.29. The van der Waals surface area contributed by atoms with Gasteiger partial charge in [-0.15, -0.1) is 0 Å². The normalized spacial score (nSPS) is 12.3. The molecule has 2 N–H and O–H groups in total. The molecule has 19 heavy (non-hydrogen) atoms. The first-order chi connectivity index (χ1) is 8.92. The third-order valence-corrected chi connectivity index (χ3v) is 4.52. The van der Waals surface area contributed by atoms with Crippen molar-refractivity contribution in [1.82, 2.24) is 4.90 Å². The minimum atomic E-state index is 0.0337. The van der Waals surface area contributed by atoms with E-state index in [4.69, 9.17) is 5.73 Å². The topological polar surface area (TPSA) is 46.3 Å². The molecule has 0 spiro atoms. The van der Waals surface area contributed by atoms with E-state index in [2.05, 4.69) is 29.1 Å². The van der Waals surface area contributed by atoms with Crippen molar-refractivity contribution in [2.24, 2.45) is 0 Å². The van der Waals surface area contributed by atoms with Crippen molar-refractivity contribution < 1.29 is 4.79 Å². The molecule has 1 aromatic rings. The van der Waals surface area contributed by atoms with Crippen LogP contribution in [0.2, 0.25) is 0 Å². The summed E-state index contributed by atoms with van der Waals surface area (Å²) in [7, 11) is 1.86. The van der Waals surface area contributed by atoms with E-state index in [0.29, 0.717) is 11.3 Å². The fourth-order valence-electron chi connectivity index (χ4n) is 1.97. The Hall–Kier alpha value is -0.680. The molecule has 1 aromatic carbocycles. The smallest absolute Gasteiger partial charge is 0.254 e. The minimum Gasteiger partial charge on any atom is -0.398 e. The first-order valence-corrected chi connectivity index (χ1v) is 8.42. The number of rotatable bonds is 5. The van der Waals surface area contributed by atoms with Crippen molar-refractivity contribution in [1.29, 1.82) is 0 Å². The molecule has 0 aliphatic rings. The molecule has 0 aliphatic heterocycles. The van der Waals surface area contributed by atoms with Gasteiger partial charge in [-0.2, -0.15) is 11.8 Å². The third kappa shape index (κ3) is 3.89. The molecule has 106 valence electrons. The van der Waals surface area contributed by atoms with Crippen LogP contribution in [0.1, 0.15) is 29.3 Å². The number of anilines is 1. The van der Waals surface area contributed by atoms with Gasteiger partial charge < -0.3 is 10.6 Å². The fraction of sp³-hybridized carbons (Fsp3) is 0.500. The number of nitrogen functional groups attached to an aromatic ring is 1.